The SMILES string of the molecule is CCOC(=O)NC(CNS(=O)(=O)c1ccc2c(c1)CCC2)CC(C)C. The Bertz CT molecular complexity index is 701. The molecule has 1 atom stereocenters. The van der Waals surface area contributed by atoms with Crippen molar-refractivity contribution in [1.29, 1.82) is 0 Å². The fourth-order valence-corrected chi connectivity index (χ4v) is 4.24. The van der Waals surface area contributed by atoms with Crippen molar-refractivity contribution in [2.24, 2.45) is 5.92 Å². The maximum absolute atomic E-state index is 12.6. The van der Waals surface area contributed by atoms with Crippen LogP contribution in [0.15, 0.2) is 23.1 Å². The van der Waals surface area contributed by atoms with Gasteiger partial charge < -0.3 is 10.1 Å². The number of ether oxygens (including phenoxy) is 1. The molecule has 7 heteroatoms. The zero-order chi connectivity index (χ0) is 18.4. The van der Waals surface area contributed by atoms with E-state index in [9.17, 15) is 13.2 Å². The second-order valence-corrected chi connectivity index (χ2v) is 8.59. The van der Waals surface area contributed by atoms with Crippen LogP contribution < -0.4 is 10.0 Å². The highest BCUT2D eigenvalue weighted by Crippen LogP contribution is 2.24. The fraction of sp³-hybridized carbons (Fsp3) is 0.611. The normalized spacial score (nSPS) is 15.0. The first kappa shape index (κ1) is 19.7. The number of alkyl carbamates (subject to hydrolysis) is 1. The zero-order valence-corrected chi connectivity index (χ0v) is 16.0. The van der Waals surface area contributed by atoms with Crippen molar-refractivity contribution in [3.05, 3.63) is 29.3 Å². The predicted octanol–water partition coefficient (Wildman–Crippen LogP) is 2.61. The highest BCUT2D eigenvalue weighted by molar-refractivity contribution is 7.89. The largest absolute Gasteiger partial charge is 0.450 e. The van der Waals surface area contributed by atoms with Gasteiger partial charge in [0.05, 0.1) is 11.5 Å². The van der Waals surface area contributed by atoms with Crippen LogP contribution in [0.25, 0.3) is 0 Å². The second-order valence-electron chi connectivity index (χ2n) is 6.83. The van der Waals surface area contributed by atoms with Crippen molar-refractivity contribution in [1.82, 2.24) is 10.0 Å². The second kappa shape index (κ2) is 8.67. The molecule has 0 aliphatic heterocycles. The number of carbonyl (C=O) groups is 1. The number of amides is 1. The molecule has 0 saturated carbocycles. The molecule has 0 saturated heterocycles. The molecule has 1 unspecified atom stereocenters. The topological polar surface area (TPSA) is 84.5 Å². The zero-order valence-electron chi connectivity index (χ0n) is 15.2. The van der Waals surface area contributed by atoms with Crippen molar-refractivity contribution in [3.63, 3.8) is 0 Å². The Balaban J connectivity index is 2.03. The van der Waals surface area contributed by atoms with Crippen molar-refractivity contribution in [3.8, 4) is 0 Å². The lowest BCUT2D eigenvalue weighted by atomic mass is 10.0. The Morgan fingerprint density at radius 2 is 1.96 bits per heavy atom. The van der Waals surface area contributed by atoms with Crippen molar-refractivity contribution in [2.75, 3.05) is 13.2 Å². The summed E-state index contributed by atoms with van der Waals surface area (Å²) in [6.07, 6.45) is 3.16. The van der Waals surface area contributed by atoms with Crippen molar-refractivity contribution < 1.29 is 17.9 Å². The quantitative estimate of drug-likeness (QED) is 0.739. The Labute approximate surface area is 150 Å². The molecule has 0 aromatic heterocycles. The number of hydrogen-bond donors (Lipinski definition) is 2. The van der Waals surface area contributed by atoms with Gasteiger partial charge in [0.15, 0.2) is 0 Å². The number of aryl methyl sites for hydroxylation is 2. The molecule has 1 amide bonds. The van der Waals surface area contributed by atoms with E-state index in [2.05, 4.69) is 10.0 Å². The van der Waals surface area contributed by atoms with Crippen molar-refractivity contribution in [2.45, 2.75) is 57.4 Å². The third-order valence-electron chi connectivity index (χ3n) is 4.25. The Kier molecular flexibility index (Phi) is 6.84. The van der Waals surface area contributed by atoms with Crippen LogP contribution in [0.1, 0.15) is 44.7 Å². The van der Waals surface area contributed by atoms with Crippen LogP contribution in [0.2, 0.25) is 0 Å². The first-order valence-corrected chi connectivity index (χ1v) is 10.3. The van der Waals surface area contributed by atoms with E-state index >= 15 is 0 Å². The predicted molar refractivity (Wildman–Crippen MR) is 97.1 cm³/mol. The summed E-state index contributed by atoms with van der Waals surface area (Å²) in [5.74, 6) is 0.316. The number of fused-ring (bicyclic) bond motifs is 1. The lowest BCUT2D eigenvalue weighted by Crippen LogP contribution is -2.44. The van der Waals surface area contributed by atoms with Crippen LogP contribution >= 0.6 is 0 Å². The van der Waals surface area contributed by atoms with Gasteiger partial charge in [-0.25, -0.2) is 17.9 Å². The van der Waals surface area contributed by atoms with E-state index in [0.29, 0.717) is 12.3 Å². The standard InChI is InChI=1S/C18H28N2O4S/c1-4-24-18(21)20-16(10-13(2)3)12-19-25(22,23)17-9-8-14-6-5-7-15(14)11-17/h8-9,11,13,16,19H,4-7,10,12H2,1-3H3,(H,20,21). The highest BCUT2D eigenvalue weighted by Gasteiger charge is 2.21. The van der Waals surface area contributed by atoms with Crippen LogP contribution in [0, 0.1) is 5.92 Å². The third kappa shape index (κ3) is 5.71. The van der Waals surface area contributed by atoms with Gasteiger partial charge in [-0.15, -0.1) is 0 Å². The van der Waals surface area contributed by atoms with Gasteiger partial charge >= 0.3 is 6.09 Å². The summed E-state index contributed by atoms with van der Waals surface area (Å²) in [5, 5.41) is 2.73. The van der Waals surface area contributed by atoms with Crippen LogP contribution in [0.3, 0.4) is 0 Å². The maximum Gasteiger partial charge on any atom is 0.407 e. The first-order valence-electron chi connectivity index (χ1n) is 8.86. The van der Waals surface area contributed by atoms with E-state index in [1.807, 2.05) is 19.9 Å². The van der Waals surface area contributed by atoms with Gasteiger partial charge in [-0.1, -0.05) is 19.9 Å². The van der Waals surface area contributed by atoms with Crippen LogP contribution in [0.5, 0.6) is 0 Å². The summed E-state index contributed by atoms with van der Waals surface area (Å²) in [6.45, 7) is 6.19. The highest BCUT2D eigenvalue weighted by atomic mass is 32.2. The van der Waals surface area contributed by atoms with Gasteiger partial charge in [0.25, 0.3) is 0 Å². The van der Waals surface area contributed by atoms with Crippen LogP contribution in [0.4, 0.5) is 4.79 Å². The molecule has 1 aliphatic rings. The molecular formula is C18H28N2O4S. The van der Waals surface area contributed by atoms with Crippen LogP contribution in [-0.2, 0) is 27.6 Å². The molecule has 0 fully saturated rings. The van der Waals surface area contributed by atoms with Crippen molar-refractivity contribution >= 4 is 16.1 Å². The number of sulfonamides is 1. The lowest BCUT2D eigenvalue weighted by Gasteiger charge is -2.21. The molecule has 0 heterocycles. The van der Waals surface area contributed by atoms with Gasteiger partial charge in [0, 0.05) is 12.6 Å². The summed E-state index contributed by atoms with van der Waals surface area (Å²) in [6, 6.07) is 5.01. The average molecular weight is 368 g/mol. The molecule has 0 spiro atoms. The molecule has 1 aromatic rings. The number of nitrogens with one attached hydrogen (secondary N) is 2. The van der Waals surface area contributed by atoms with E-state index in [4.69, 9.17) is 4.74 Å². The minimum Gasteiger partial charge on any atom is -0.450 e. The smallest absolute Gasteiger partial charge is 0.407 e. The number of benzene rings is 1. The minimum absolute atomic E-state index is 0.135. The summed E-state index contributed by atoms with van der Waals surface area (Å²) in [5.41, 5.74) is 2.35. The Morgan fingerprint density at radius 1 is 1.24 bits per heavy atom. The minimum atomic E-state index is -3.60. The Hall–Kier alpha value is -1.60. The van der Waals surface area contributed by atoms with E-state index in [1.54, 1.807) is 19.1 Å². The van der Waals surface area contributed by atoms with E-state index in [1.165, 1.54) is 5.56 Å². The average Bonchev–Trinajstić information content (AvgIpc) is 3.00. The van der Waals surface area contributed by atoms with E-state index in [0.717, 1.165) is 24.8 Å². The molecule has 2 N–H and O–H groups in total. The molecule has 0 radical (unpaired) electrons. The van der Waals surface area contributed by atoms with E-state index in [-0.39, 0.29) is 24.1 Å². The first-order chi connectivity index (χ1) is 11.8. The van der Waals surface area contributed by atoms with Gasteiger partial charge in [0.2, 0.25) is 10.0 Å². The molecule has 140 valence electrons. The molecular weight excluding hydrogens is 340 g/mol. The molecule has 0 bridgehead atoms. The van der Waals surface area contributed by atoms with E-state index < -0.39 is 16.1 Å². The van der Waals surface area contributed by atoms with Gasteiger partial charge in [-0.2, -0.15) is 0 Å². The van der Waals surface area contributed by atoms with Gasteiger partial charge in [-0.05, 0) is 61.8 Å². The molecule has 6 nitrogen and oxygen atoms in total. The number of carbonyl (C=O) groups excluding carboxylic acids is 1. The maximum atomic E-state index is 12.6. The number of rotatable bonds is 8. The molecule has 2 rings (SSSR count). The lowest BCUT2D eigenvalue weighted by molar-refractivity contribution is 0.146. The third-order valence-corrected chi connectivity index (χ3v) is 5.67. The fourth-order valence-electron chi connectivity index (χ4n) is 3.11. The van der Waals surface area contributed by atoms with Gasteiger partial charge in [-0.3, -0.25) is 0 Å². The summed E-state index contributed by atoms with van der Waals surface area (Å²) in [4.78, 5) is 11.9. The van der Waals surface area contributed by atoms with Gasteiger partial charge in [0.1, 0.15) is 0 Å². The monoisotopic (exact) mass is 368 g/mol. The summed E-state index contributed by atoms with van der Waals surface area (Å²) < 4.78 is 32.7. The molecule has 1 aromatic carbocycles. The Morgan fingerprint density at radius 3 is 2.64 bits per heavy atom. The summed E-state index contributed by atoms with van der Waals surface area (Å²) >= 11 is 0. The molecule has 25 heavy (non-hydrogen) atoms. The summed E-state index contributed by atoms with van der Waals surface area (Å²) in [7, 11) is -3.60. The van der Waals surface area contributed by atoms with Crippen LogP contribution in [-0.4, -0.2) is 33.7 Å². The number of hydrogen-bond acceptors (Lipinski definition) is 4. The molecule has 1 aliphatic carbocycles.